The zero-order chi connectivity index (χ0) is 15.6. The summed E-state index contributed by atoms with van der Waals surface area (Å²) < 4.78 is 38.7. The van der Waals surface area contributed by atoms with Crippen molar-refractivity contribution in [2.24, 2.45) is 11.7 Å². The first-order valence-corrected chi connectivity index (χ1v) is 7.99. The van der Waals surface area contributed by atoms with Crippen LogP contribution in [0.15, 0.2) is 22.7 Å². The van der Waals surface area contributed by atoms with Gasteiger partial charge in [0.2, 0.25) is 0 Å². The summed E-state index contributed by atoms with van der Waals surface area (Å²) >= 11 is 3.28. The van der Waals surface area contributed by atoms with Gasteiger partial charge < -0.3 is 10.6 Å². The quantitative estimate of drug-likeness (QED) is 0.859. The first kappa shape index (κ1) is 16.6. The normalized spacial score (nSPS) is 23.4. The predicted molar refractivity (Wildman–Crippen MR) is 82.3 cm³/mol. The van der Waals surface area contributed by atoms with Crippen molar-refractivity contribution in [1.29, 1.82) is 0 Å². The number of piperidine rings is 1. The molecule has 1 saturated heterocycles. The molecule has 2 N–H and O–H groups in total. The van der Waals surface area contributed by atoms with Crippen molar-refractivity contribution in [2.45, 2.75) is 38.4 Å². The van der Waals surface area contributed by atoms with Crippen LogP contribution in [0.1, 0.15) is 31.7 Å². The Labute approximate surface area is 131 Å². The summed E-state index contributed by atoms with van der Waals surface area (Å²) in [5.74, 6) is 0.656. The molecule has 1 aliphatic heterocycles. The Balaban J connectivity index is 2.25. The Kier molecular flexibility index (Phi) is 5.20. The Morgan fingerprint density at radius 1 is 1.38 bits per heavy atom. The molecule has 0 aromatic heterocycles. The molecule has 0 aliphatic carbocycles. The summed E-state index contributed by atoms with van der Waals surface area (Å²) in [4.78, 5) is 2.14. The number of halogens is 4. The van der Waals surface area contributed by atoms with Crippen LogP contribution in [-0.4, -0.2) is 19.1 Å². The molecule has 2 nitrogen and oxygen atoms in total. The van der Waals surface area contributed by atoms with E-state index in [4.69, 9.17) is 5.73 Å². The molecule has 1 aliphatic rings. The number of nitrogens with two attached hydrogens (primary N) is 1. The van der Waals surface area contributed by atoms with Crippen molar-refractivity contribution < 1.29 is 13.2 Å². The molecular weight excluding hydrogens is 345 g/mol. The van der Waals surface area contributed by atoms with Crippen molar-refractivity contribution in [2.75, 3.05) is 18.0 Å². The van der Waals surface area contributed by atoms with Crippen LogP contribution in [0, 0.1) is 5.92 Å². The van der Waals surface area contributed by atoms with Gasteiger partial charge in [-0.25, -0.2) is 0 Å². The molecule has 6 heteroatoms. The lowest BCUT2D eigenvalue weighted by Crippen LogP contribution is -2.46. The highest BCUT2D eigenvalue weighted by Gasteiger charge is 2.32. The predicted octanol–water partition coefficient (Wildman–Crippen LogP) is 4.42. The zero-order valence-corrected chi connectivity index (χ0v) is 13.5. The van der Waals surface area contributed by atoms with E-state index in [2.05, 4.69) is 27.8 Å². The summed E-state index contributed by atoms with van der Waals surface area (Å²) in [6.45, 7) is 3.52. The number of hydrogen-bond donors (Lipinski definition) is 1. The van der Waals surface area contributed by atoms with E-state index in [0.29, 0.717) is 16.9 Å². The lowest BCUT2D eigenvalue weighted by molar-refractivity contribution is -0.137. The third-order valence-corrected chi connectivity index (χ3v) is 4.89. The van der Waals surface area contributed by atoms with Gasteiger partial charge in [-0.15, -0.1) is 0 Å². The summed E-state index contributed by atoms with van der Waals surface area (Å²) in [5.41, 5.74) is 6.03. The first-order chi connectivity index (χ1) is 9.86. The lowest BCUT2D eigenvalue weighted by atomic mass is 9.88. The van der Waals surface area contributed by atoms with Crippen LogP contribution in [0.4, 0.5) is 18.9 Å². The largest absolute Gasteiger partial charge is 0.416 e. The molecule has 2 rings (SSSR count). The molecule has 1 fully saturated rings. The number of anilines is 1. The van der Waals surface area contributed by atoms with Crippen LogP contribution in [0.3, 0.4) is 0 Å². The maximum absolute atomic E-state index is 12.7. The van der Waals surface area contributed by atoms with Crippen LogP contribution in [0.2, 0.25) is 0 Å². The Hall–Kier alpha value is -0.750. The molecular formula is C15H20BrF3N2. The fourth-order valence-electron chi connectivity index (χ4n) is 2.96. The molecule has 1 aromatic rings. The molecule has 0 spiro atoms. The van der Waals surface area contributed by atoms with E-state index in [9.17, 15) is 13.2 Å². The Morgan fingerprint density at radius 3 is 2.62 bits per heavy atom. The van der Waals surface area contributed by atoms with Crippen LogP contribution < -0.4 is 10.6 Å². The number of nitrogens with zero attached hydrogens (tertiary/aromatic N) is 1. The minimum Gasteiger partial charge on any atom is -0.366 e. The second-order valence-electron chi connectivity index (χ2n) is 5.55. The molecule has 2 atom stereocenters. The standard InChI is InChI=1S/C15H20BrF3N2/c1-2-10-5-6-21(12(7-10)9-20)14-4-3-11(8-13(14)16)15(17,18)19/h3-4,8,10,12H,2,5-7,9,20H2,1H3. The zero-order valence-electron chi connectivity index (χ0n) is 12.0. The van der Waals surface area contributed by atoms with E-state index in [1.54, 1.807) is 6.07 Å². The number of rotatable bonds is 3. The van der Waals surface area contributed by atoms with Crippen LogP contribution in [0.5, 0.6) is 0 Å². The molecule has 0 bridgehead atoms. The minimum atomic E-state index is -4.32. The molecule has 1 aromatic carbocycles. The second kappa shape index (κ2) is 6.57. The van der Waals surface area contributed by atoms with Crippen molar-refractivity contribution >= 4 is 21.6 Å². The fourth-order valence-corrected chi connectivity index (χ4v) is 3.57. The summed E-state index contributed by atoms with van der Waals surface area (Å²) in [7, 11) is 0. The maximum Gasteiger partial charge on any atom is 0.416 e. The molecule has 0 amide bonds. The highest BCUT2D eigenvalue weighted by atomic mass is 79.9. The Bertz CT molecular complexity index is 490. The van der Waals surface area contributed by atoms with Gasteiger partial charge in [-0.1, -0.05) is 13.3 Å². The van der Waals surface area contributed by atoms with Gasteiger partial charge >= 0.3 is 6.18 Å². The van der Waals surface area contributed by atoms with Crippen LogP contribution >= 0.6 is 15.9 Å². The summed E-state index contributed by atoms with van der Waals surface area (Å²) in [5, 5.41) is 0. The van der Waals surface area contributed by atoms with E-state index in [0.717, 1.165) is 43.6 Å². The van der Waals surface area contributed by atoms with Gasteiger partial charge in [-0.05, 0) is 52.9 Å². The van der Waals surface area contributed by atoms with Crippen molar-refractivity contribution in [3.8, 4) is 0 Å². The van der Waals surface area contributed by atoms with E-state index in [-0.39, 0.29) is 6.04 Å². The molecule has 21 heavy (non-hydrogen) atoms. The third kappa shape index (κ3) is 3.72. The Morgan fingerprint density at radius 2 is 2.10 bits per heavy atom. The topological polar surface area (TPSA) is 29.3 Å². The smallest absolute Gasteiger partial charge is 0.366 e. The van der Waals surface area contributed by atoms with E-state index >= 15 is 0 Å². The van der Waals surface area contributed by atoms with E-state index < -0.39 is 11.7 Å². The van der Waals surface area contributed by atoms with E-state index in [1.807, 2.05) is 0 Å². The van der Waals surface area contributed by atoms with Crippen molar-refractivity contribution in [3.05, 3.63) is 28.2 Å². The highest BCUT2D eigenvalue weighted by molar-refractivity contribution is 9.10. The average Bonchev–Trinajstić information content (AvgIpc) is 2.45. The lowest BCUT2D eigenvalue weighted by Gasteiger charge is -2.41. The average molecular weight is 365 g/mol. The van der Waals surface area contributed by atoms with Crippen molar-refractivity contribution in [3.63, 3.8) is 0 Å². The minimum absolute atomic E-state index is 0.191. The SMILES string of the molecule is CCC1CCN(c2ccc(C(F)(F)F)cc2Br)C(CN)C1. The number of alkyl halides is 3. The molecule has 1 heterocycles. The second-order valence-corrected chi connectivity index (χ2v) is 6.40. The van der Waals surface area contributed by atoms with Crippen LogP contribution in [-0.2, 0) is 6.18 Å². The fraction of sp³-hybridized carbons (Fsp3) is 0.600. The first-order valence-electron chi connectivity index (χ1n) is 7.20. The summed E-state index contributed by atoms with van der Waals surface area (Å²) in [6, 6.07) is 4.02. The van der Waals surface area contributed by atoms with Gasteiger partial charge in [-0.2, -0.15) is 13.2 Å². The third-order valence-electron chi connectivity index (χ3n) is 4.26. The summed E-state index contributed by atoms with van der Waals surface area (Å²) in [6.07, 6.45) is -1.14. The molecule has 0 saturated carbocycles. The van der Waals surface area contributed by atoms with Crippen molar-refractivity contribution in [1.82, 2.24) is 0 Å². The molecule has 0 radical (unpaired) electrons. The van der Waals surface area contributed by atoms with Crippen LogP contribution in [0.25, 0.3) is 0 Å². The van der Waals surface area contributed by atoms with Gasteiger partial charge in [-0.3, -0.25) is 0 Å². The maximum atomic E-state index is 12.7. The number of hydrogen-bond acceptors (Lipinski definition) is 2. The monoisotopic (exact) mass is 364 g/mol. The number of benzene rings is 1. The van der Waals surface area contributed by atoms with Gasteiger partial charge in [0.1, 0.15) is 0 Å². The van der Waals surface area contributed by atoms with Gasteiger partial charge in [0, 0.05) is 23.6 Å². The van der Waals surface area contributed by atoms with Gasteiger partial charge in [0.05, 0.1) is 11.3 Å². The molecule has 2 unspecified atom stereocenters. The van der Waals surface area contributed by atoms with Gasteiger partial charge in [0.25, 0.3) is 0 Å². The highest BCUT2D eigenvalue weighted by Crippen LogP contribution is 2.38. The van der Waals surface area contributed by atoms with E-state index in [1.165, 1.54) is 0 Å². The van der Waals surface area contributed by atoms with Gasteiger partial charge in [0.15, 0.2) is 0 Å². The molecule has 118 valence electrons.